The van der Waals surface area contributed by atoms with Gasteiger partial charge >= 0.3 is 12.0 Å². The molecule has 1 aromatic rings. The molecule has 0 bridgehead atoms. The summed E-state index contributed by atoms with van der Waals surface area (Å²) in [5.74, 6) is 0.706. The molecule has 0 unspecified atom stereocenters. The van der Waals surface area contributed by atoms with Crippen LogP contribution in [-0.2, 0) is 14.3 Å². The molecule has 0 amide bonds. The Hall–Kier alpha value is -1.67. The molecule has 3 aliphatic heterocycles. The van der Waals surface area contributed by atoms with E-state index in [4.69, 9.17) is 19.1 Å². The number of aliphatic carboxylic acids is 1. The second kappa shape index (κ2) is 7.29. The Morgan fingerprint density at radius 2 is 1.84 bits per heavy atom. The number of carboxylic acids is 1. The van der Waals surface area contributed by atoms with Crippen LogP contribution in [0.1, 0.15) is 50.3 Å². The van der Waals surface area contributed by atoms with Crippen molar-refractivity contribution in [3.8, 4) is 0 Å². The van der Waals surface area contributed by atoms with E-state index in [-0.39, 0.29) is 6.10 Å². The van der Waals surface area contributed by atoms with Crippen molar-refractivity contribution in [1.29, 1.82) is 0 Å². The third-order valence-corrected chi connectivity index (χ3v) is 5.68. The van der Waals surface area contributed by atoms with Crippen molar-refractivity contribution < 1.29 is 23.9 Å². The molecule has 0 radical (unpaired) electrons. The molecule has 1 N–H and O–H groups in total. The van der Waals surface area contributed by atoms with Crippen LogP contribution >= 0.6 is 0 Å². The monoisotopic (exact) mass is 351 g/mol. The van der Waals surface area contributed by atoms with Crippen molar-refractivity contribution in [2.24, 2.45) is 5.92 Å². The first-order valence-corrected chi connectivity index (χ1v) is 9.25. The highest BCUT2D eigenvalue weighted by Gasteiger charge is 2.37. The number of hydrogen-bond donors (Lipinski definition) is 1. The molecule has 4 heterocycles. The maximum atomic E-state index is 11.0. The van der Waals surface area contributed by atoms with Crippen molar-refractivity contribution in [3.05, 3.63) is 5.82 Å². The van der Waals surface area contributed by atoms with E-state index in [0.717, 1.165) is 64.2 Å². The van der Waals surface area contributed by atoms with Crippen LogP contribution in [0.5, 0.6) is 0 Å². The first-order valence-electron chi connectivity index (χ1n) is 9.25. The molecule has 3 saturated heterocycles. The first kappa shape index (κ1) is 16.8. The number of anilines is 1. The fourth-order valence-electron chi connectivity index (χ4n) is 4.13. The minimum Gasteiger partial charge on any atom is -0.479 e. The zero-order valence-electron chi connectivity index (χ0n) is 14.3. The number of carbonyl (C=O) groups is 1. The number of rotatable bonds is 4. The third kappa shape index (κ3) is 3.64. The summed E-state index contributed by atoms with van der Waals surface area (Å²) in [4.78, 5) is 17.8. The van der Waals surface area contributed by atoms with Crippen LogP contribution < -0.4 is 4.90 Å². The van der Waals surface area contributed by atoms with Crippen LogP contribution in [0.3, 0.4) is 0 Å². The van der Waals surface area contributed by atoms with Gasteiger partial charge in [-0.25, -0.2) is 4.79 Å². The Kier molecular flexibility index (Phi) is 4.89. The van der Waals surface area contributed by atoms with Gasteiger partial charge < -0.3 is 24.0 Å². The van der Waals surface area contributed by atoms with Gasteiger partial charge in [0, 0.05) is 32.2 Å². The number of piperidine rings is 1. The highest BCUT2D eigenvalue weighted by Crippen LogP contribution is 2.33. The lowest BCUT2D eigenvalue weighted by Crippen LogP contribution is -2.38. The highest BCUT2D eigenvalue weighted by molar-refractivity contribution is 5.72. The summed E-state index contributed by atoms with van der Waals surface area (Å²) >= 11 is 0. The van der Waals surface area contributed by atoms with Crippen LogP contribution in [0.25, 0.3) is 0 Å². The maximum Gasteiger partial charge on any atom is 0.332 e. The normalized spacial score (nSPS) is 29.2. The number of nitrogens with zero attached hydrogens (tertiary/aromatic N) is 3. The van der Waals surface area contributed by atoms with Gasteiger partial charge in [0.15, 0.2) is 11.9 Å². The molecule has 0 aliphatic carbocycles. The molecule has 0 aromatic carbocycles. The molecule has 138 valence electrons. The van der Waals surface area contributed by atoms with E-state index in [0.29, 0.717) is 24.3 Å². The molecule has 8 nitrogen and oxygen atoms in total. The molecule has 25 heavy (non-hydrogen) atoms. The quantitative estimate of drug-likeness (QED) is 0.877. The Balaban J connectivity index is 1.30. The summed E-state index contributed by atoms with van der Waals surface area (Å²) in [6, 6.07) is 0.607. The Morgan fingerprint density at radius 1 is 1.08 bits per heavy atom. The lowest BCUT2D eigenvalue weighted by Gasteiger charge is -2.33. The van der Waals surface area contributed by atoms with Gasteiger partial charge in [0.25, 0.3) is 0 Å². The van der Waals surface area contributed by atoms with Gasteiger partial charge in [0.2, 0.25) is 0 Å². The summed E-state index contributed by atoms with van der Waals surface area (Å²) in [6.07, 6.45) is 4.74. The Morgan fingerprint density at radius 3 is 2.52 bits per heavy atom. The van der Waals surface area contributed by atoms with Gasteiger partial charge in [0.05, 0.1) is 6.10 Å². The van der Waals surface area contributed by atoms with Gasteiger partial charge in [-0.3, -0.25) is 0 Å². The lowest BCUT2D eigenvalue weighted by atomic mass is 9.90. The SMILES string of the molecule is O=C(O)[C@H]1CC[C@@H](C2CCN(c3nc(C4CCOCC4)no3)CC2)O1. The minimum atomic E-state index is -0.841. The summed E-state index contributed by atoms with van der Waals surface area (Å²) in [5, 5.41) is 13.2. The zero-order chi connectivity index (χ0) is 17.2. The van der Waals surface area contributed by atoms with Crippen molar-refractivity contribution >= 4 is 12.0 Å². The van der Waals surface area contributed by atoms with Gasteiger partial charge in [0.1, 0.15) is 0 Å². The Bertz CT molecular complexity index is 593. The van der Waals surface area contributed by atoms with Gasteiger partial charge in [-0.2, -0.15) is 4.98 Å². The van der Waals surface area contributed by atoms with Crippen molar-refractivity contribution in [1.82, 2.24) is 10.1 Å². The smallest absolute Gasteiger partial charge is 0.332 e. The predicted molar refractivity (Wildman–Crippen MR) is 87.6 cm³/mol. The lowest BCUT2D eigenvalue weighted by molar-refractivity contribution is -0.150. The van der Waals surface area contributed by atoms with Crippen molar-refractivity contribution in [2.45, 2.75) is 56.7 Å². The minimum absolute atomic E-state index is 0.0729. The standard InChI is InChI=1S/C17H25N3O5/c21-16(22)14-2-1-13(24-14)11-3-7-20(8-4-11)17-18-15(19-25-17)12-5-9-23-10-6-12/h11-14H,1-10H2,(H,21,22)/t13-,14+/m0/s1. The fraction of sp³-hybridized carbons (Fsp3) is 0.824. The fourth-order valence-corrected chi connectivity index (χ4v) is 4.13. The topological polar surface area (TPSA) is 97.9 Å². The predicted octanol–water partition coefficient (Wildman–Crippen LogP) is 1.81. The third-order valence-electron chi connectivity index (χ3n) is 5.68. The number of carboxylic acid groups (broad SMARTS) is 1. The molecule has 2 atom stereocenters. The van der Waals surface area contributed by atoms with E-state index in [9.17, 15) is 4.79 Å². The molecule has 3 aliphatic rings. The second-order valence-corrected chi connectivity index (χ2v) is 7.23. The number of aromatic nitrogens is 2. The van der Waals surface area contributed by atoms with Crippen molar-refractivity contribution in [2.75, 3.05) is 31.2 Å². The van der Waals surface area contributed by atoms with Gasteiger partial charge in [-0.15, -0.1) is 0 Å². The first-order chi connectivity index (χ1) is 12.2. The molecule has 0 saturated carbocycles. The van der Waals surface area contributed by atoms with Crippen LogP contribution in [0.2, 0.25) is 0 Å². The van der Waals surface area contributed by atoms with E-state index < -0.39 is 12.1 Å². The second-order valence-electron chi connectivity index (χ2n) is 7.23. The molecular formula is C17H25N3O5. The molecule has 0 spiro atoms. The van der Waals surface area contributed by atoms with Gasteiger partial charge in [-0.1, -0.05) is 5.16 Å². The maximum absolute atomic E-state index is 11.0. The Labute approximate surface area is 146 Å². The number of hydrogen-bond acceptors (Lipinski definition) is 7. The largest absolute Gasteiger partial charge is 0.479 e. The summed E-state index contributed by atoms with van der Waals surface area (Å²) in [6.45, 7) is 3.21. The van der Waals surface area contributed by atoms with E-state index in [1.54, 1.807) is 0 Å². The number of ether oxygens (including phenoxy) is 2. The van der Waals surface area contributed by atoms with Gasteiger partial charge in [-0.05, 0) is 44.4 Å². The van der Waals surface area contributed by atoms with E-state index in [2.05, 4.69) is 15.0 Å². The molecule has 8 heteroatoms. The average molecular weight is 351 g/mol. The average Bonchev–Trinajstić information content (AvgIpc) is 3.33. The summed E-state index contributed by atoms with van der Waals surface area (Å²) < 4.78 is 16.6. The van der Waals surface area contributed by atoms with Crippen molar-refractivity contribution in [3.63, 3.8) is 0 Å². The summed E-state index contributed by atoms with van der Waals surface area (Å²) in [7, 11) is 0. The van der Waals surface area contributed by atoms with Crippen LogP contribution in [0, 0.1) is 5.92 Å². The zero-order valence-corrected chi connectivity index (χ0v) is 14.3. The van der Waals surface area contributed by atoms with Crippen LogP contribution in [-0.4, -0.2) is 59.7 Å². The van der Waals surface area contributed by atoms with E-state index in [1.165, 1.54) is 0 Å². The molecule has 1 aromatic heterocycles. The van der Waals surface area contributed by atoms with E-state index >= 15 is 0 Å². The molecular weight excluding hydrogens is 326 g/mol. The van der Waals surface area contributed by atoms with Crippen LogP contribution in [0.15, 0.2) is 4.52 Å². The summed E-state index contributed by atoms with van der Waals surface area (Å²) in [5.41, 5.74) is 0. The van der Waals surface area contributed by atoms with E-state index in [1.807, 2.05) is 0 Å². The molecule has 4 rings (SSSR count). The highest BCUT2D eigenvalue weighted by atomic mass is 16.5. The van der Waals surface area contributed by atoms with Crippen LogP contribution in [0.4, 0.5) is 6.01 Å². The molecule has 3 fully saturated rings.